The lowest BCUT2D eigenvalue weighted by Crippen LogP contribution is -2.46. The predicted octanol–water partition coefficient (Wildman–Crippen LogP) is 2.48. The molecule has 1 aliphatic heterocycles. The summed E-state index contributed by atoms with van der Waals surface area (Å²) in [6, 6.07) is 7.79. The molecule has 0 unspecified atom stereocenters. The fourth-order valence-corrected chi connectivity index (χ4v) is 3.20. The third kappa shape index (κ3) is 4.36. The van der Waals surface area contributed by atoms with E-state index >= 15 is 0 Å². The van der Waals surface area contributed by atoms with Crippen molar-refractivity contribution in [3.05, 3.63) is 52.8 Å². The number of aromatic nitrogens is 2. The Balaban J connectivity index is 1.53. The van der Waals surface area contributed by atoms with Gasteiger partial charge in [-0.3, -0.25) is 9.48 Å². The van der Waals surface area contributed by atoms with Gasteiger partial charge in [0.25, 0.3) is 0 Å². The van der Waals surface area contributed by atoms with E-state index in [9.17, 15) is 4.79 Å². The van der Waals surface area contributed by atoms with Gasteiger partial charge < -0.3 is 9.64 Å². The van der Waals surface area contributed by atoms with Crippen LogP contribution in [0.25, 0.3) is 0 Å². The minimum absolute atomic E-state index is 0.000918. The number of rotatable bonds is 5. The van der Waals surface area contributed by atoms with Gasteiger partial charge in [0.1, 0.15) is 0 Å². The average Bonchev–Trinajstić information content (AvgIpc) is 3.00. The number of benzene rings is 1. The van der Waals surface area contributed by atoms with Gasteiger partial charge in [0.05, 0.1) is 18.9 Å². The predicted molar refractivity (Wildman–Crippen MR) is 93.0 cm³/mol. The number of nitrogens with zero attached hydrogens (tertiary/aromatic N) is 3. The fourth-order valence-electron chi connectivity index (χ4n) is 2.99. The van der Waals surface area contributed by atoms with E-state index in [-0.39, 0.29) is 12.0 Å². The second-order valence-electron chi connectivity index (χ2n) is 6.15. The van der Waals surface area contributed by atoms with Crippen molar-refractivity contribution in [2.45, 2.75) is 25.4 Å². The van der Waals surface area contributed by atoms with Crippen LogP contribution in [0.5, 0.6) is 0 Å². The van der Waals surface area contributed by atoms with E-state index in [4.69, 9.17) is 16.3 Å². The molecule has 1 atom stereocenters. The maximum atomic E-state index is 12.5. The highest BCUT2D eigenvalue weighted by atomic mass is 35.5. The summed E-state index contributed by atoms with van der Waals surface area (Å²) in [7, 11) is 1.88. The van der Waals surface area contributed by atoms with Gasteiger partial charge >= 0.3 is 0 Å². The molecule has 128 valence electrons. The number of ether oxygens (including phenoxy) is 1. The number of aryl methyl sites for hydroxylation is 2. The lowest BCUT2D eigenvalue weighted by atomic mass is 10.1. The number of halogens is 1. The molecule has 6 heteroatoms. The molecule has 1 fully saturated rings. The average molecular weight is 348 g/mol. The quantitative estimate of drug-likeness (QED) is 0.834. The summed E-state index contributed by atoms with van der Waals surface area (Å²) in [4.78, 5) is 14.4. The van der Waals surface area contributed by atoms with Gasteiger partial charge in [-0.05, 0) is 23.6 Å². The number of carbonyl (C=O) groups excluding carboxylic acids is 1. The first-order valence-corrected chi connectivity index (χ1v) is 8.60. The van der Waals surface area contributed by atoms with Crippen LogP contribution in [-0.4, -0.2) is 46.4 Å². The van der Waals surface area contributed by atoms with Crippen molar-refractivity contribution in [2.24, 2.45) is 7.05 Å². The molecule has 1 amide bonds. The van der Waals surface area contributed by atoms with Crippen LogP contribution in [-0.2, 0) is 29.4 Å². The van der Waals surface area contributed by atoms with E-state index in [1.54, 1.807) is 4.68 Å². The molecular weight excluding hydrogens is 326 g/mol. The molecule has 1 aromatic heterocycles. The van der Waals surface area contributed by atoms with Crippen LogP contribution in [0.2, 0.25) is 5.02 Å². The third-order valence-corrected chi connectivity index (χ3v) is 4.65. The zero-order valence-corrected chi connectivity index (χ0v) is 14.6. The molecule has 24 heavy (non-hydrogen) atoms. The molecule has 0 radical (unpaired) electrons. The van der Waals surface area contributed by atoms with Gasteiger partial charge in [0.2, 0.25) is 5.91 Å². The van der Waals surface area contributed by atoms with E-state index in [1.165, 1.54) is 0 Å². The Morgan fingerprint density at radius 2 is 2.25 bits per heavy atom. The largest absolute Gasteiger partial charge is 0.374 e. The molecule has 1 saturated heterocycles. The van der Waals surface area contributed by atoms with Crippen molar-refractivity contribution >= 4 is 17.5 Å². The lowest BCUT2D eigenvalue weighted by Gasteiger charge is -2.33. The van der Waals surface area contributed by atoms with E-state index in [2.05, 4.69) is 5.10 Å². The van der Waals surface area contributed by atoms with Crippen LogP contribution in [0.15, 0.2) is 36.7 Å². The number of hydrogen-bond donors (Lipinski definition) is 0. The Hall–Kier alpha value is -1.85. The Kier molecular flexibility index (Phi) is 5.53. The highest BCUT2D eigenvalue weighted by molar-refractivity contribution is 6.31. The van der Waals surface area contributed by atoms with Crippen molar-refractivity contribution < 1.29 is 9.53 Å². The molecule has 0 spiro atoms. The number of carbonyl (C=O) groups is 1. The highest BCUT2D eigenvalue weighted by Crippen LogP contribution is 2.20. The summed E-state index contributed by atoms with van der Waals surface area (Å²) < 4.78 is 7.58. The van der Waals surface area contributed by atoms with Crippen molar-refractivity contribution in [1.29, 1.82) is 0 Å². The van der Waals surface area contributed by atoms with Gasteiger partial charge in [0.15, 0.2) is 0 Å². The van der Waals surface area contributed by atoms with Crippen LogP contribution < -0.4 is 0 Å². The van der Waals surface area contributed by atoms with E-state index in [0.29, 0.717) is 26.1 Å². The molecule has 5 nitrogen and oxygen atoms in total. The minimum atomic E-state index is 0.000918. The summed E-state index contributed by atoms with van der Waals surface area (Å²) in [6.45, 7) is 1.86. The van der Waals surface area contributed by atoms with E-state index in [0.717, 1.165) is 29.0 Å². The molecule has 0 aliphatic carbocycles. The van der Waals surface area contributed by atoms with Crippen LogP contribution in [0.1, 0.15) is 17.5 Å². The van der Waals surface area contributed by atoms with E-state index < -0.39 is 0 Å². The van der Waals surface area contributed by atoms with Crippen molar-refractivity contribution in [2.75, 3.05) is 19.7 Å². The Morgan fingerprint density at radius 3 is 3.00 bits per heavy atom. The Bertz CT molecular complexity index is 701. The molecule has 2 aromatic rings. The maximum Gasteiger partial charge on any atom is 0.223 e. The van der Waals surface area contributed by atoms with Crippen LogP contribution >= 0.6 is 11.6 Å². The second kappa shape index (κ2) is 7.81. The van der Waals surface area contributed by atoms with Crippen LogP contribution in [0.4, 0.5) is 0 Å². The maximum absolute atomic E-state index is 12.5. The molecular formula is C18H22ClN3O2. The van der Waals surface area contributed by atoms with Gasteiger partial charge in [0, 0.05) is 44.2 Å². The number of hydrogen-bond acceptors (Lipinski definition) is 3. The van der Waals surface area contributed by atoms with Crippen molar-refractivity contribution in [3.63, 3.8) is 0 Å². The van der Waals surface area contributed by atoms with Crippen LogP contribution in [0.3, 0.4) is 0 Å². The smallest absolute Gasteiger partial charge is 0.223 e. The first-order chi connectivity index (χ1) is 11.6. The molecule has 1 aliphatic rings. The number of morpholine rings is 1. The standard InChI is InChI=1S/C18H22ClN3O2/c1-21-12-14(11-20-21)6-7-18(23)22-8-9-24-16(13-22)10-15-4-2-3-5-17(15)19/h2-5,11-12,16H,6-10,13H2,1H3/t16-/m1/s1. The Morgan fingerprint density at radius 1 is 1.42 bits per heavy atom. The van der Waals surface area contributed by atoms with Crippen molar-refractivity contribution in [1.82, 2.24) is 14.7 Å². The second-order valence-corrected chi connectivity index (χ2v) is 6.56. The molecule has 0 saturated carbocycles. The summed E-state index contributed by atoms with van der Waals surface area (Å²) in [5.41, 5.74) is 2.15. The van der Waals surface area contributed by atoms with Gasteiger partial charge in [-0.1, -0.05) is 29.8 Å². The zero-order chi connectivity index (χ0) is 16.9. The van der Waals surface area contributed by atoms with Gasteiger partial charge in [-0.15, -0.1) is 0 Å². The van der Waals surface area contributed by atoms with E-state index in [1.807, 2.05) is 48.6 Å². The molecule has 1 aromatic carbocycles. The summed E-state index contributed by atoms with van der Waals surface area (Å²) >= 11 is 6.22. The molecule has 2 heterocycles. The molecule has 0 N–H and O–H groups in total. The lowest BCUT2D eigenvalue weighted by molar-refractivity contribution is -0.138. The van der Waals surface area contributed by atoms with Crippen molar-refractivity contribution in [3.8, 4) is 0 Å². The third-order valence-electron chi connectivity index (χ3n) is 4.28. The van der Waals surface area contributed by atoms with Gasteiger partial charge in [-0.25, -0.2) is 0 Å². The summed E-state index contributed by atoms with van der Waals surface area (Å²) in [5.74, 6) is 0.173. The normalized spacial score (nSPS) is 17.9. The highest BCUT2D eigenvalue weighted by Gasteiger charge is 2.24. The summed E-state index contributed by atoms with van der Waals surface area (Å²) in [5, 5.41) is 4.88. The molecule has 0 bridgehead atoms. The number of amides is 1. The van der Waals surface area contributed by atoms with Crippen LogP contribution in [0, 0.1) is 0 Å². The SMILES string of the molecule is Cn1cc(CCC(=O)N2CCO[C@H](Cc3ccccc3Cl)C2)cn1. The topological polar surface area (TPSA) is 47.4 Å². The van der Waals surface area contributed by atoms with Gasteiger partial charge in [-0.2, -0.15) is 5.10 Å². The minimum Gasteiger partial charge on any atom is -0.374 e. The first-order valence-electron chi connectivity index (χ1n) is 8.22. The zero-order valence-electron chi connectivity index (χ0n) is 13.8. The fraction of sp³-hybridized carbons (Fsp3) is 0.444. The Labute approximate surface area is 147 Å². The monoisotopic (exact) mass is 347 g/mol. The molecule has 3 rings (SSSR count). The first kappa shape index (κ1) is 17.0. The summed E-state index contributed by atoms with van der Waals surface area (Å²) in [6.07, 6.45) is 5.72.